The molecule has 1 aliphatic heterocycles. The average molecular weight is 384 g/mol. The molecular formula is C20H28N6O2. The van der Waals surface area contributed by atoms with E-state index in [1.807, 2.05) is 18.0 Å². The molecule has 2 fully saturated rings. The molecule has 3 N–H and O–H groups in total. The van der Waals surface area contributed by atoms with Crippen LogP contribution in [0.5, 0.6) is 0 Å². The topological polar surface area (TPSA) is 95.3 Å². The van der Waals surface area contributed by atoms with Gasteiger partial charge < -0.3 is 20.6 Å². The quantitative estimate of drug-likeness (QED) is 0.696. The number of hydrogen-bond acceptors (Lipinski definition) is 5. The molecule has 28 heavy (non-hydrogen) atoms. The summed E-state index contributed by atoms with van der Waals surface area (Å²) in [5.41, 5.74) is 1.85. The molecule has 2 aliphatic rings. The Balaban J connectivity index is 1.42. The number of nitrogens with one attached hydrogen (secondary N) is 2. The normalized spacial score (nSPS) is 27.4. The molecule has 150 valence electrons. The highest BCUT2D eigenvalue weighted by Gasteiger charge is 2.48. The van der Waals surface area contributed by atoms with Crippen LogP contribution in [0.3, 0.4) is 0 Å². The van der Waals surface area contributed by atoms with Crippen LogP contribution in [0.4, 0.5) is 4.79 Å². The molecule has 8 heteroatoms. The van der Waals surface area contributed by atoms with Gasteiger partial charge in [-0.25, -0.2) is 9.48 Å². The molecular weight excluding hydrogens is 356 g/mol. The summed E-state index contributed by atoms with van der Waals surface area (Å²) in [6.07, 6.45) is 5.61. The molecule has 0 atom stereocenters. The van der Waals surface area contributed by atoms with Crippen molar-refractivity contribution >= 4 is 6.03 Å². The van der Waals surface area contributed by atoms with E-state index in [9.17, 15) is 4.79 Å². The predicted octanol–water partition coefficient (Wildman–Crippen LogP) is 1.22. The van der Waals surface area contributed by atoms with Gasteiger partial charge in [-0.1, -0.05) is 35.5 Å². The van der Waals surface area contributed by atoms with E-state index in [1.165, 1.54) is 5.56 Å². The number of aromatic nitrogens is 3. The SMILES string of the molecule is CN[C@]1(c2ccccc2)CC[C@@]2(CC1)CN(Cc1cn(CCO)nn1)C(=O)N2. The second-order valence-electron chi connectivity index (χ2n) is 7.96. The number of hydrogen-bond donors (Lipinski definition) is 3. The molecule has 1 aliphatic carbocycles. The smallest absolute Gasteiger partial charge is 0.318 e. The van der Waals surface area contributed by atoms with E-state index in [0.29, 0.717) is 19.6 Å². The van der Waals surface area contributed by atoms with Gasteiger partial charge >= 0.3 is 6.03 Å². The molecule has 1 saturated heterocycles. The summed E-state index contributed by atoms with van der Waals surface area (Å²) < 4.78 is 1.60. The van der Waals surface area contributed by atoms with Gasteiger partial charge in [0.2, 0.25) is 0 Å². The summed E-state index contributed by atoms with van der Waals surface area (Å²) in [5, 5.41) is 23.9. The molecule has 1 spiro atoms. The third kappa shape index (κ3) is 3.49. The Bertz CT molecular complexity index is 813. The lowest BCUT2D eigenvalue weighted by Crippen LogP contribution is -2.53. The first-order valence-electron chi connectivity index (χ1n) is 9.90. The van der Waals surface area contributed by atoms with Crippen LogP contribution in [-0.4, -0.2) is 56.8 Å². The van der Waals surface area contributed by atoms with Gasteiger partial charge in [-0.15, -0.1) is 5.10 Å². The Labute approximate surface area is 164 Å². The summed E-state index contributed by atoms with van der Waals surface area (Å²) in [6, 6.07) is 10.5. The number of aliphatic hydroxyl groups excluding tert-OH is 1. The minimum Gasteiger partial charge on any atom is -0.394 e. The van der Waals surface area contributed by atoms with Crippen molar-refractivity contribution in [3.8, 4) is 0 Å². The molecule has 0 radical (unpaired) electrons. The van der Waals surface area contributed by atoms with Gasteiger partial charge in [0.1, 0.15) is 5.69 Å². The highest BCUT2D eigenvalue weighted by molar-refractivity contribution is 5.78. The Morgan fingerprint density at radius 1 is 1.21 bits per heavy atom. The zero-order chi connectivity index (χ0) is 19.6. The van der Waals surface area contributed by atoms with Gasteiger partial charge in [-0.3, -0.25) is 0 Å². The van der Waals surface area contributed by atoms with E-state index in [-0.39, 0.29) is 23.7 Å². The monoisotopic (exact) mass is 384 g/mol. The maximum atomic E-state index is 12.6. The fourth-order valence-corrected chi connectivity index (χ4v) is 4.61. The maximum absolute atomic E-state index is 12.6. The molecule has 4 rings (SSSR count). The zero-order valence-corrected chi connectivity index (χ0v) is 16.3. The molecule has 1 aromatic heterocycles. The molecule has 1 saturated carbocycles. The highest BCUT2D eigenvalue weighted by Crippen LogP contribution is 2.43. The number of rotatable bonds is 6. The van der Waals surface area contributed by atoms with Crippen molar-refractivity contribution in [3.05, 3.63) is 47.8 Å². The zero-order valence-electron chi connectivity index (χ0n) is 16.3. The number of benzene rings is 1. The largest absolute Gasteiger partial charge is 0.394 e. The second-order valence-corrected chi connectivity index (χ2v) is 7.96. The first-order chi connectivity index (χ1) is 13.6. The van der Waals surface area contributed by atoms with Crippen molar-refractivity contribution < 1.29 is 9.90 Å². The number of carbonyl (C=O) groups is 1. The van der Waals surface area contributed by atoms with Crippen molar-refractivity contribution in [1.29, 1.82) is 0 Å². The molecule has 2 aromatic rings. The van der Waals surface area contributed by atoms with Crippen molar-refractivity contribution in [2.24, 2.45) is 0 Å². The minimum absolute atomic E-state index is 0.0186. The Kier molecular flexibility index (Phi) is 5.07. The summed E-state index contributed by atoms with van der Waals surface area (Å²) in [6.45, 7) is 1.56. The van der Waals surface area contributed by atoms with Crippen LogP contribution in [0.15, 0.2) is 36.5 Å². The molecule has 2 heterocycles. The second kappa shape index (κ2) is 7.52. The molecule has 8 nitrogen and oxygen atoms in total. The summed E-state index contributed by atoms with van der Waals surface area (Å²) in [7, 11) is 2.03. The lowest BCUT2D eigenvalue weighted by molar-refractivity contribution is 0.157. The van der Waals surface area contributed by atoms with E-state index in [1.54, 1.807) is 10.9 Å². The van der Waals surface area contributed by atoms with Crippen LogP contribution >= 0.6 is 0 Å². The number of amides is 2. The Hall–Kier alpha value is -2.45. The lowest BCUT2D eigenvalue weighted by Gasteiger charge is -2.45. The molecule has 2 amide bonds. The molecule has 0 unspecified atom stereocenters. The van der Waals surface area contributed by atoms with Gasteiger partial charge in [-0.2, -0.15) is 0 Å². The summed E-state index contributed by atoms with van der Waals surface area (Å²) >= 11 is 0. The van der Waals surface area contributed by atoms with E-state index in [4.69, 9.17) is 5.11 Å². The number of urea groups is 1. The first-order valence-corrected chi connectivity index (χ1v) is 9.90. The van der Waals surface area contributed by atoms with Gasteiger partial charge in [0.05, 0.1) is 31.4 Å². The Morgan fingerprint density at radius 3 is 2.64 bits per heavy atom. The van der Waals surface area contributed by atoms with Gasteiger partial charge in [-0.05, 0) is 38.3 Å². The van der Waals surface area contributed by atoms with Gasteiger partial charge in [0.15, 0.2) is 0 Å². The Morgan fingerprint density at radius 2 is 1.96 bits per heavy atom. The van der Waals surface area contributed by atoms with Crippen LogP contribution in [0.2, 0.25) is 0 Å². The number of nitrogens with zero attached hydrogens (tertiary/aromatic N) is 4. The van der Waals surface area contributed by atoms with Crippen molar-refractivity contribution in [1.82, 2.24) is 30.5 Å². The van der Waals surface area contributed by atoms with Crippen LogP contribution in [-0.2, 0) is 18.6 Å². The standard InChI is InChI=1S/C20H28N6O2/c1-21-20(16-5-3-2-4-6-16)9-7-19(8-10-20)15-25(18(28)22-19)13-17-14-26(11-12-27)24-23-17/h2-6,14,21,27H,7-13,15H2,1H3,(H,22,28)/t19-,20-. The minimum atomic E-state index is -0.173. The van der Waals surface area contributed by atoms with Crippen LogP contribution < -0.4 is 10.6 Å². The third-order valence-corrected chi connectivity index (χ3v) is 6.29. The summed E-state index contributed by atoms with van der Waals surface area (Å²) in [4.78, 5) is 14.4. The van der Waals surface area contributed by atoms with E-state index < -0.39 is 0 Å². The van der Waals surface area contributed by atoms with Crippen molar-refractivity contribution in [3.63, 3.8) is 0 Å². The molecule has 1 aromatic carbocycles. The van der Waals surface area contributed by atoms with Gasteiger partial charge in [0.25, 0.3) is 0 Å². The van der Waals surface area contributed by atoms with Crippen molar-refractivity contribution in [2.75, 3.05) is 20.2 Å². The van der Waals surface area contributed by atoms with E-state index in [2.05, 4.69) is 45.2 Å². The molecule has 0 bridgehead atoms. The van der Waals surface area contributed by atoms with E-state index >= 15 is 0 Å². The van der Waals surface area contributed by atoms with Crippen LogP contribution in [0.1, 0.15) is 36.9 Å². The van der Waals surface area contributed by atoms with E-state index in [0.717, 1.165) is 31.4 Å². The fourth-order valence-electron chi connectivity index (χ4n) is 4.61. The lowest BCUT2D eigenvalue weighted by atomic mass is 9.69. The fraction of sp³-hybridized carbons (Fsp3) is 0.550. The average Bonchev–Trinajstić information content (AvgIpc) is 3.28. The van der Waals surface area contributed by atoms with Crippen molar-refractivity contribution in [2.45, 2.75) is 49.9 Å². The summed E-state index contributed by atoms with van der Waals surface area (Å²) in [5.74, 6) is 0. The first kappa shape index (κ1) is 18.9. The predicted molar refractivity (Wildman–Crippen MR) is 104 cm³/mol. The number of carbonyl (C=O) groups excluding carboxylic acids is 1. The third-order valence-electron chi connectivity index (χ3n) is 6.29. The highest BCUT2D eigenvalue weighted by atomic mass is 16.3. The van der Waals surface area contributed by atoms with Crippen LogP contribution in [0, 0.1) is 0 Å². The maximum Gasteiger partial charge on any atom is 0.318 e. The van der Waals surface area contributed by atoms with Crippen LogP contribution in [0.25, 0.3) is 0 Å². The van der Waals surface area contributed by atoms with Gasteiger partial charge in [0, 0.05) is 12.1 Å². The number of aliphatic hydroxyl groups is 1.